The maximum Gasteiger partial charge on any atom is 0.410 e. The molecule has 0 aliphatic carbocycles. The second kappa shape index (κ2) is 5.92. The molecule has 1 spiro atoms. The standard InChI is InChI=1S/C16H30N2O2/c1-5-6-13(15(2,3)4)20-14(19)18-11-16(12-18)7-9-17-10-8-16/h13,17H,5-12H2,1-4H3. The van der Waals surface area contributed by atoms with Crippen molar-refractivity contribution in [1.29, 1.82) is 0 Å². The fourth-order valence-corrected chi connectivity index (χ4v) is 3.29. The minimum atomic E-state index is -0.109. The zero-order valence-electron chi connectivity index (χ0n) is 13.5. The number of hydrogen-bond donors (Lipinski definition) is 1. The van der Waals surface area contributed by atoms with Crippen molar-refractivity contribution in [2.45, 2.75) is 59.5 Å². The molecule has 2 heterocycles. The lowest BCUT2D eigenvalue weighted by Crippen LogP contribution is -2.62. The van der Waals surface area contributed by atoms with Gasteiger partial charge in [-0.15, -0.1) is 0 Å². The molecule has 1 amide bonds. The van der Waals surface area contributed by atoms with E-state index >= 15 is 0 Å². The van der Waals surface area contributed by atoms with Crippen LogP contribution in [0, 0.1) is 10.8 Å². The monoisotopic (exact) mass is 282 g/mol. The molecule has 4 heteroatoms. The number of hydrogen-bond acceptors (Lipinski definition) is 3. The quantitative estimate of drug-likeness (QED) is 0.865. The molecule has 0 aromatic heterocycles. The van der Waals surface area contributed by atoms with E-state index in [1.54, 1.807) is 0 Å². The molecule has 2 saturated heterocycles. The Bertz CT molecular complexity index is 335. The normalized spacial score (nSPS) is 23.3. The van der Waals surface area contributed by atoms with E-state index in [0.717, 1.165) is 39.0 Å². The van der Waals surface area contributed by atoms with Crippen LogP contribution in [0.5, 0.6) is 0 Å². The number of likely N-dealkylation sites (tertiary alicyclic amines) is 1. The van der Waals surface area contributed by atoms with Gasteiger partial charge in [0.05, 0.1) is 0 Å². The first-order valence-corrected chi connectivity index (χ1v) is 8.03. The molecule has 0 radical (unpaired) electrons. The fourth-order valence-electron chi connectivity index (χ4n) is 3.29. The lowest BCUT2D eigenvalue weighted by atomic mass is 9.72. The number of rotatable bonds is 3. The van der Waals surface area contributed by atoms with Gasteiger partial charge in [-0.05, 0) is 37.8 Å². The molecule has 2 aliphatic heterocycles. The van der Waals surface area contributed by atoms with Crippen molar-refractivity contribution >= 4 is 6.09 Å². The van der Waals surface area contributed by atoms with Gasteiger partial charge in [-0.3, -0.25) is 0 Å². The predicted molar refractivity (Wildman–Crippen MR) is 80.7 cm³/mol. The lowest BCUT2D eigenvalue weighted by Gasteiger charge is -2.52. The highest BCUT2D eigenvalue weighted by atomic mass is 16.6. The molecular formula is C16H30N2O2. The summed E-state index contributed by atoms with van der Waals surface area (Å²) in [6, 6.07) is 0. The van der Waals surface area contributed by atoms with Crippen LogP contribution in [0.1, 0.15) is 53.4 Å². The molecule has 0 saturated carbocycles. The molecular weight excluding hydrogens is 252 g/mol. The van der Waals surface area contributed by atoms with E-state index in [9.17, 15) is 4.79 Å². The Balaban J connectivity index is 1.83. The number of carbonyl (C=O) groups is 1. The van der Waals surface area contributed by atoms with Gasteiger partial charge < -0.3 is 15.0 Å². The molecule has 1 N–H and O–H groups in total. The predicted octanol–water partition coefficient (Wildman–Crippen LogP) is 3.02. The summed E-state index contributed by atoms with van der Waals surface area (Å²) in [7, 11) is 0. The zero-order chi connectivity index (χ0) is 14.8. The maximum atomic E-state index is 12.3. The maximum absolute atomic E-state index is 12.3. The molecule has 116 valence electrons. The highest BCUT2D eigenvalue weighted by Gasteiger charge is 2.46. The van der Waals surface area contributed by atoms with Gasteiger partial charge in [0.1, 0.15) is 6.10 Å². The van der Waals surface area contributed by atoms with Crippen molar-refractivity contribution in [2.75, 3.05) is 26.2 Å². The largest absolute Gasteiger partial charge is 0.446 e. The molecule has 0 bridgehead atoms. The fraction of sp³-hybridized carbons (Fsp3) is 0.938. The van der Waals surface area contributed by atoms with E-state index < -0.39 is 0 Å². The van der Waals surface area contributed by atoms with Crippen LogP contribution in [0.25, 0.3) is 0 Å². The summed E-state index contributed by atoms with van der Waals surface area (Å²) in [5.74, 6) is 0. The minimum absolute atomic E-state index is 0.0168. The zero-order valence-corrected chi connectivity index (χ0v) is 13.5. The average molecular weight is 282 g/mol. The summed E-state index contributed by atoms with van der Waals surface area (Å²) in [6.45, 7) is 12.5. The van der Waals surface area contributed by atoms with E-state index in [1.165, 1.54) is 12.8 Å². The summed E-state index contributed by atoms with van der Waals surface area (Å²) < 4.78 is 5.76. The van der Waals surface area contributed by atoms with Gasteiger partial charge in [-0.2, -0.15) is 0 Å². The Morgan fingerprint density at radius 3 is 2.40 bits per heavy atom. The van der Waals surface area contributed by atoms with Crippen LogP contribution < -0.4 is 5.32 Å². The SMILES string of the molecule is CCCC(OC(=O)N1CC2(CCNCC2)C1)C(C)(C)C. The number of carbonyl (C=O) groups excluding carboxylic acids is 1. The third-order valence-electron chi connectivity index (χ3n) is 4.73. The first kappa shape index (κ1) is 15.6. The van der Waals surface area contributed by atoms with E-state index in [4.69, 9.17) is 4.74 Å². The number of piperidine rings is 1. The van der Waals surface area contributed by atoms with Crippen molar-refractivity contribution in [1.82, 2.24) is 10.2 Å². The Morgan fingerprint density at radius 1 is 1.30 bits per heavy atom. The van der Waals surface area contributed by atoms with E-state index in [1.807, 2.05) is 4.90 Å². The van der Waals surface area contributed by atoms with Crippen molar-refractivity contribution in [2.24, 2.45) is 10.8 Å². The van der Waals surface area contributed by atoms with Gasteiger partial charge >= 0.3 is 6.09 Å². The highest BCUT2D eigenvalue weighted by Crippen LogP contribution is 2.39. The molecule has 2 aliphatic rings. The molecule has 4 nitrogen and oxygen atoms in total. The van der Waals surface area contributed by atoms with Gasteiger partial charge in [0.15, 0.2) is 0 Å². The van der Waals surface area contributed by atoms with Crippen molar-refractivity contribution in [3.05, 3.63) is 0 Å². The van der Waals surface area contributed by atoms with Crippen LogP contribution in [-0.2, 0) is 4.74 Å². The Hall–Kier alpha value is -0.770. The molecule has 2 rings (SSSR count). The van der Waals surface area contributed by atoms with Gasteiger partial charge in [-0.1, -0.05) is 34.1 Å². The molecule has 1 unspecified atom stereocenters. The van der Waals surface area contributed by atoms with Crippen molar-refractivity contribution < 1.29 is 9.53 Å². The Morgan fingerprint density at radius 2 is 1.90 bits per heavy atom. The number of nitrogens with zero attached hydrogens (tertiary/aromatic N) is 1. The summed E-state index contributed by atoms with van der Waals surface area (Å²) in [5.41, 5.74) is 0.398. The summed E-state index contributed by atoms with van der Waals surface area (Å²) in [6.07, 6.45) is 4.28. The number of amides is 1. The van der Waals surface area contributed by atoms with Gasteiger partial charge in [0.25, 0.3) is 0 Å². The van der Waals surface area contributed by atoms with E-state index in [0.29, 0.717) is 5.41 Å². The second-order valence-corrected chi connectivity index (χ2v) is 7.63. The Labute approximate surface area is 123 Å². The van der Waals surface area contributed by atoms with Crippen LogP contribution in [0.15, 0.2) is 0 Å². The highest BCUT2D eigenvalue weighted by molar-refractivity contribution is 5.69. The van der Waals surface area contributed by atoms with Crippen LogP contribution in [0.2, 0.25) is 0 Å². The van der Waals surface area contributed by atoms with Gasteiger partial charge in [0.2, 0.25) is 0 Å². The molecule has 20 heavy (non-hydrogen) atoms. The first-order chi connectivity index (χ1) is 9.36. The minimum Gasteiger partial charge on any atom is -0.446 e. The number of nitrogens with one attached hydrogen (secondary N) is 1. The van der Waals surface area contributed by atoms with Crippen LogP contribution in [0.3, 0.4) is 0 Å². The summed E-state index contributed by atoms with van der Waals surface area (Å²) in [4.78, 5) is 14.2. The number of ether oxygens (including phenoxy) is 1. The summed E-state index contributed by atoms with van der Waals surface area (Å²) in [5, 5.41) is 3.39. The lowest BCUT2D eigenvalue weighted by molar-refractivity contribution is -0.0508. The molecule has 1 atom stereocenters. The average Bonchev–Trinajstić information content (AvgIpc) is 2.35. The second-order valence-electron chi connectivity index (χ2n) is 7.63. The molecule has 0 aromatic rings. The van der Waals surface area contributed by atoms with Crippen molar-refractivity contribution in [3.8, 4) is 0 Å². The van der Waals surface area contributed by atoms with Crippen molar-refractivity contribution in [3.63, 3.8) is 0 Å². The smallest absolute Gasteiger partial charge is 0.410 e. The third-order valence-corrected chi connectivity index (χ3v) is 4.73. The topological polar surface area (TPSA) is 41.6 Å². The van der Waals surface area contributed by atoms with E-state index in [-0.39, 0.29) is 17.6 Å². The Kier molecular flexibility index (Phi) is 4.62. The van der Waals surface area contributed by atoms with Crippen LogP contribution in [-0.4, -0.2) is 43.3 Å². The van der Waals surface area contributed by atoms with Gasteiger partial charge in [-0.25, -0.2) is 4.79 Å². The van der Waals surface area contributed by atoms with Crippen LogP contribution >= 0.6 is 0 Å². The first-order valence-electron chi connectivity index (χ1n) is 8.03. The molecule has 2 fully saturated rings. The van der Waals surface area contributed by atoms with Gasteiger partial charge in [0, 0.05) is 18.5 Å². The van der Waals surface area contributed by atoms with Crippen LogP contribution in [0.4, 0.5) is 4.79 Å². The van der Waals surface area contributed by atoms with E-state index in [2.05, 4.69) is 33.0 Å². The molecule has 0 aromatic carbocycles. The summed E-state index contributed by atoms with van der Waals surface area (Å²) >= 11 is 0. The third kappa shape index (κ3) is 3.46.